The van der Waals surface area contributed by atoms with Crippen molar-refractivity contribution in [1.29, 1.82) is 5.26 Å². The summed E-state index contributed by atoms with van der Waals surface area (Å²) in [6.07, 6.45) is 1.82. The molecule has 3 rings (SSSR count). The maximum absolute atomic E-state index is 12.3. The van der Waals surface area contributed by atoms with Crippen molar-refractivity contribution in [2.75, 3.05) is 0 Å². The molecule has 4 heteroatoms. The number of aromatic amines is 1. The van der Waals surface area contributed by atoms with Crippen molar-refractivity contribution in [3.63, 3.8) is 0 Å². The SMILES string of the molecule is N#Cc1cccc(CNC(=O)c2cccc3[nH]ccc23)c1. The van der Waals surface area contributed by atoms with Gasteiger partial charge < -0.3 is 10.3 Å². The van der Waals surface area contributed by atoms with Crippen LogP contribution < -0.4 is 5.32 Å². The van der Waals surface area contributed by atoms with Crippen LogP contribution in [0.3, 0.4) is 0 Å². The summed E-state index contributed by atoms with van der Waals surface area (Å²) in [6.45, 7) is 0.398. The van der Waals surface area contributed by atoms with Crippen LogP contribution in [0, 0.1) is 11.3 Å². The predicted octanol–water partition coefficient (Wildman–Crippen LogP) is 2.97. The maximum Gasteiger partial charge on any atom is 0.252 e. The molecule has 2 N–H and O–H groups in total. The molecule has 0 atom stereocenters. The maximum atomic E-state index is 12.3. The molecule has 0 spiro atoms. The van der Waals surface area contributed by atoms with Crippen molar-refractivity contribution in [2.45, 2.75) is 6.54 Å². The molecule has 1 aromatic heterocycles. The number of benzene rings is 2. The Labute approximate surface area is 122 Å². The molecule has 0 aliphatic heterocycles. The number of hydrogen-bond acceptors (Lipinski definition) is 2. The van der Waals surface area contributed by atoms with E-state index < -0.39 is 0 Å². The van der Waals surface area contributed by atoms with E-state index in [1.165, 1.54) is 0 Å². The summed E-state index contributed by atoms with van der Waals surface area (Å²) in [5, 5.41) is 12.7. The monoisotopic (exact) mass is 275 g/mol. The molecular formula is C17H13N3O. The first-order chi connectivity index (χ1) is 10.3. The van der Waals surface area contributed by atoms with Gasteiger partial charge in [-0.25, -0.2) is 0 Å². The normalized spacial score (nSPS) is 10.2. The summed E-state index contributed by atoms with van der Waals surface area (Å²) in [5.74, 6) is -0.123. The fraction of sp³-hybridized carbons (Fsp3) is 0.0588. The number of aromatic nitrogens is 1. The Bertz CT molecular complexity index is 842. The van der Waals surface area contributed by atoms with Gasteiger partial charge in [-0.05, 0) is 35.9 Å². The van der Waals surface area contributed by atoms with E-state index in [2.05, 4.69) is 16.4 Å². The number of rotatable bonds is 3. The Hall–Kier alpha value is -3.06. The Kier molecular flexibility index (Phi) is 3.40. The highest BCUT2D eigenvalue weighted by atomic mass is 16.1. The Balaban J connectivity index is 1.78. The molecular weight excluding hydrogens is 262 g/mol. The molecule has 4 nitrogen and oxygen atoms in total. The Morgan fingerprint density at radius 2 is 2.05 bits per heavy atom. The van der Waals surface area contributed by atoms with Gasteiger partial charge in [-0.2, -0.15) is 5.26 Å². The average molecular weight is 275 g/mol. The zero-order valence-corrected chi connectivity index (χ0v) is 11.3. The molecule has 0 saturated carbocycles. The molecule has 0 saturated heterocycles. The lowest BCUT2D eigenvalue weighted by Gasteiger charge is -2.07. The third kappa shape index (κ3) is 2.63. The van der Waals surface area contributed by atoms with Crippen LogP contribution in [0.25, 0.3) is 10.9 Å². The van der Waals surface area contributed by atoms with Gasteiger partial charge in [0.25, 0.3) is 5.91 Å². The van der Waals surface area contributed by atoms with E-state index >= 15 is 0 Å². The largest absolute Gasteiger partial charge is 0.361 e. The van der Waals surface area contributed by atoms with E-state index in [0.717, 1.165) is 16.5 Å². The number of amides is 1. The second kappa shape index (κ2) is 5.51. The molecule has 0 radical (unpaired) electrons. The van der Waals surface area contributed by atoms with Gasteiger partial charge in [-0.1, -0.05) is 18.2 Å². The van der Waals surface area contributed by atoms with E-state index in [9.17, 15) is 4.79 Å². The smallest absolute Gasteiger partial charge is 0.252 e. The highest BCUT2D eigenvalue weighted by Gasteiger charge is 2.10. The lowest BCUT2D eigenvalue weighted by atomic mass is 10.1. The molecule has 0 unspecified atom stereocenters. The van der Waals surface area contributed by atoms with Gasteiger partial charge >= 0.3 is 0 Å². The number of carbonyl (C=O) groups is 1. The Morgan fingerprint density at radius 3 is 2.90 bits per heavy atom. The van der Waals surface area contributed by atoms with Gasteiger partial charge in [0.1, 0.15) is 0 Å². The van der Waals surface area contributed by atoms with Gasteiger partial charge in [-0.3, -0.25) is 4.79 Å². The minimum absolute atomic E-state index is 0.123. The predicted molar refractivity (Wildman–Crippen MR) is 80.6 cm³/mol. The van der Waals surface area contributed by atoms with E-state index in [0.29, 0.717) is 17.7 Å². The first-order valence-electron chi connectivity index (χ1n) is 6.61. The molecule has 0 bridgehead atoms. The second-order valence-corrected chi connectivity index (χ2v) is 4.74. The van der Waals surface area contributed by atoms with Gasteiger partial charge in [0, 0.05) is 29.2 Å². The summed E-state index contributed by atoms with van der Waals surface area (Å²) in [7, 11) is 0. The fourth-order valence-electron chi connectivity index (χ4n) is 2.31. The summed E-state index contributed by atoms with van der Waals surface area (Å²) in [4.78, 5) is 15.4. The molecule has 21 heavy (non-hydrogen) atoms. The molecule has 0 fully saturated rings. The van der Waals surface area contributed by atoms with E-state index in [1.807, 2.05) is 36.5 Å². The first kappa shape index (κ1) is 12.9. The summed E-state index contributed by atoms with van der Waals surface area (Å²) < 4.78 is 0. The number of H-pyrrole nitrogens is 1. The van der Waals surface area contributed by atoms with Gasteiger partial charge in [0.2, 0.25) is 0 Å². The zero-order valence-electron chi connectivity index (χ0n) is 11.3. The minimum atomic E-state index is -0.123. The van der Waals surface area contributed by atoms with Crippen LogP contribution in [0.5, 0.6) is 0 Å². The zero-order chi connectivity index (χ0) is 14.7. The van der Waals surface area contributed by atoms with E-state index in [1.54, 1.807) is 18.2 Å². The molecule has 1 heterocycles. The van der Waals surface area contributed by atoms with Crippen molar-refractivity contribution < 1.29 is 4.79 Å². The molecule has 2 aromatic carbocycles. The standard InChI is InChI=1S/C17H13N3O/c18-10-12-3-1-4-13(9-12)11-20-17(21)15-5-2-6-16-14(15)7-8-19-16/h1-9,19H,11H2,(H,20,21). The molecule has 3 aromatic rings. The minimum Gasteiger partial charge on any atom is -0.361 e. The van der Waals surface area contributed by atoms with Crippen LogP contribution in [-0.2, 0) is 6.54 Å². The Morgan fingerprint density at radius 1 is 1.19 bits per heavy atom. The number of carbonyl (C=O) groups excluding carboxylic acids is 1. The van der Waals surface area contributed by atoms with E-state index in [-0.39, 0.29) is 5.91 Å². The highest BCUT2D eigenvalue weighted by molar-refractivity contribution is 6.06. The summed E-state index contributed by atoms with van der Waals surface area (Å²) in [6, 6.07) is 16.8. The van der Waals surface area contributed by atoms with Crippen molar-refractivity contribution in [3.05, 3.63) is 71.4 Å². The molecule has 0 aliphatic rings. The third-order valence-electron chi connectivity index (χ3n) is 3.35. The van der Waals surface area contributed by atoms with Crippen LogP contribution in [0.4, 0.5) is 0 Å². The lowest BCUT2D eigenvalue weighted by Crippen LogP contribution is -2.22. The molecule has 1 amide bonds. The van der Waals surface area contributed by atoms with Crippen LogP contribution in [-0.4, -0.2) is 10.9 Å². The van der Waals surface area contributed by atoms with Crippen molar-refractivity contribution in [1.82, 2.24) is 10.3 Å². The van der Waals surface area contributed by atoms with Gasteiger partial charge in [0.05, 0.1) is 11.6 Å². The average Bonchev–Trinajstić information content (AvgIpc) is 3.01. The van der Waals surface area contributed by atoms with Crippen molar-refractivity contribution in [3.8, 4) is 6.07 Å². The summed E-state index contributed by atoms with van der Waals surface area (Å²) in [5.41, 5.74) is 3.08. The van der Waals surface area contributed by atoms with Gasteiger partial charge in [0.15, 0.2) is 0 Å². The van der Waals surface area contributed by atoms with Crippen LogP contribution >= 0.6 is 0 Å². The first-order valence-corrected chi connectivity index (χ1v) is 6.61. The lowest BCUT2D eigenvalue weighted by molar-refractivity contribution is 0.0952. The van der Waals surface area contributed by atoms with Crippen molar-refractivity contribution in [2.24, 2.45) is 0 Å². The number of nitrogens with one attached hydrogen (secondary N) is 2. The van der Waals surface area contributed by atoms with E-state index in [4.69, 9.17) is 5.26 Å². The number of fused-ring (bicyclic) bond motifs is 1. The van der Waals surface area contributed by atoms with Crippen molar-refractivity contribution >= 4 is 16.8 Å². The van der Waals surface area contributed by atoms with Crippen LogP contribution in [0.15, 0.2) is 54.7 Å². The molecule has 0 aliphatic carbocycles. The van der Waals surface area contributed by atoms with Crippen LogP contribution in [0.1, 0.15) is 21.5 Å². The van der Waals surface area contributed by atoms with Crippen LogP contribution in [0.2, 0.25) is 0 Å². The fourth-order valence-corrected chi connectivity index (χ4v) is 2.31. The quantitative estimate of drug-likeness (QED) is 0.771. The van der Waals surface area contributed by atoms with Gasteiger partial charge in [-0.15, -0.1) is 0 Å². The second-order valence-electron chi connectivity index (χ2n) is 4.74. The third-order valence-corrected chi connectivity index (χ3v) is 3.35. The number of nitrogens with zero attached hydrogens (tertiary/aromatic N) is 1. The summed E-state index contributed by atoms with van der Waals surface area (Å²) >= 11 is 0. The number of nitriles is 1. The highest BCUT2D eigenvalue weighted by Crippen LogP contribution is 2.17. The number of hydrogen-bond donors (Lipinski definition) is 2. The topological polar surface area (TPSA) is 68.7 Å². The molecule has 102 valence electrons.